The van der Waals surface area contributed by atoms with Crippen LogP contribution in [0.1, 0.15) is 10.6 Å². The number of aromatic nitrogens is 4. The molecule has 0 fully saturated rings. The zero-order valence-corrected chi connectivity index (χ0v) is 16.3. The zero-order valence-electron chi connectivity index (χ0n) is 14.7. The van der Waals surface area contributed by atoms with E-state index in [2.05, 4.69) is 20.6 Å². The summed E-state index contributed by atoms with van der Waals surface area (Å²) in [6.07, 6.45) is 1.55. The van der Waals surface area contributed by atoms with E-state index in [-0.39, 0.29) is 11.7 Å². The number of nitrogens with one attached hydrogen (secondary N) is 1. The molecule has 0 spiro atoms. The van der Waals surface area contributed by atoms with E-state index in [4.69, 9.17) is 16.0 Å². The van der Waals surface area contributed by atoms with E-state index in [0.29, 0.717) is 21.4 Å². The number of fused-ring (bicyclic) bond motifs is 1. The lowest BCUT2D eigenvalue weighted by atomic mass is 10.2. The van der Waals surface area contributed by atoms with Crippen molar-refractivity contribution in [3.8, 4) is 21.9 Å². The van der Waals surface area contributed by atoms with Gasteiger partial charge in [0.05, 0.1) is 0 Å². The molecule has 1 N–H and O–H groups in total. The standard InChI is InChI=1S/C20H12ClN5O2S/c21-14-6-4-12(5-7-14)16-8-9-17(28-16)18(27)23-15-3-1-2-13(10-15)19-25-26-11-22-24-20(26)29-19/h1-11H,(H,23,27). The Labute approximate surface area is 173 Å². The van der Waals surface area contributed by atoms with Crippen LogP contribution in [0, 0.1) is 0 Å². The molecular weight excluding hydrogens is 410 g/mol. The largest absolute Gasteiger partial charge is 0.451 e. The van der Waals surface area contributed by atoms with E-state index >= 15 is 0 Å². The van der Waals surface area contributed by atoms with Gasteiger partial charge in [0.2, 0.25) is 4.96 Å². The summed E-state index contributed by atoms with van der Waals surface area (Å²) in [5.74, 6) is 0.486. The first-order chi connectivity index (χ1) is 14.2. The SMILES string of the molecule is O=C(Nc1cccc(-c2nn3cnnc3s2)c1)c1ccc(-c2ccc(Cl)cc2)o1. The molecule has 2 aromatic carbocycles. The van der Waals surface area contributed by atoms with Gasteiger partial charge in [-0.1, -0.05) is 35.1 Å². The predicted molar refractivity (Wildman–Crippen MR) is 111 cm³/mol. The average Bonchev–Trinajstić information content (AvgIpc) is 3.45. The predicted octanol–water partition coefficient (Wildman–Crippen LogP) is 5.02. The Morgan fingerprint density at radius 1 is 1.07 bits per heavy atom. The maximum atomic E-state index is 12.6. The van der Waals surface area contributed by atoms with Gasteiger partial charge in [-0.2, -0.15) is 9.61 Å². The number of furan rings is 1. The first kappa shape index (κ1) is 17.6. The number of carbonyl (C=O) groups excluding carboxylic acids is 1. The van der Waals surface area contributed by atoms with Gasteiger partial charge in [-0.3, -0.25) is 4.79 Å². The third kappa shape index (κ3) is 3.51. The normalized spacial score (nSPS) is 11.1. The Morgan fingerprint density at radius 2 is 1.93 bits per heavy atom. The first-order valence-corrected chi connectivity index (χ1v) is 9.79. The Balaban J connectivity index is 1.36. The molecule has 0 radical (unpaired) electrons. The molecule has 3 aromatic heterocycles. The molecule has 0 aliphatic rings. The molecular formula is C20H12ClN5O2S. The Kier molecular flexibility index (Phi) is 4.34. The third-order valence-electron chi connectivity index (χ3n) is 4.21. The second-order valence-corrected chi connectivity index (χ2v) is 7.56. The van der Waals surface area contributed by atoms with Crippen LogP contribution in [0.15, 0.2) is 71.4 Å². The molecule has 142 valence electrons. The molecule has 0 aliphatic heterocycles. The molecule has 0 saturated heterocycles. The van der Waals surface area contributed by atoms with Crippen LogP contribution in [-0.4, -0.2) is 25.7 Å². The van der Waals surface area contributed by atoms with Crippen LogP contribution in [-0.2, 0) is 0 Å². The second-order valence-electron chi connectivity index (χ2n) is 6.17. The number of hydrogen-bond donors (Lipinski definition) is 1. The quantitative estimate of drug-likeness (QED) is 0.440. The smallest absolute Gasteiger partial charge is 0.291 e. The second kappa shape index (κ2) is 7.16. The van der Waals surface area contributed by atoms with E-state index < -0.39 is 0 Å². The summed E-state index contributed by atoms with van der Waals surface area (Å²) in [4.78, 5) is 13.3. The molecule has 0 bridgehead atoms. The number of benzene rings is 2. The van der Waals surface area contributed by atoms with Crippen molar-refractivity contribution in [3.05, 3.63) is 77.8 Å². The molecule has 1 amide bonds. The lowest BCUT2D eigenvalue weighted by Gasteiger charge is -2.05. The summed E-state index contributed by atoms with van der Waals surface area (Å²) >= 11 is 7.33. The summed E-state index contributed by atoms with van der Waals surface area (Å²) in [6.45, 7) is 0. The number of rotatable bonds is 4. The molecule has 0 aliphatic carbocycles. The van der Waals surface area contributed by atoms with E-state index in [1.165, 1.54) is 11.3 Å². The van der Waals surface area contributed by atoms with Gasteiger partial charge in [-0.05, 0) is 48.5 Å². The van der Waals surface area contributed by atoms with Crippen molar-refractivity contribution >= 4 is 39.5 Å². The lowest BCUT2D eigenvalue weighted by Crippen LogP contribution is -2.10. The van der Waals surface area contributed by atoms with Gasteiger partial charge >= 0.3 is 0 Å². The van der Waals surface area contributed by atoms with Crippen LogP contribution in [0.4, 0.5) is 5.69 Å². The molecule has 3 heterocycles. The van der Waals surface area contributed by atoms with Crippen LogP contribution in [0.3, 0.4) is 0 Å². The fraction of sp³-hybridized carbons (Fsp3) is 0. The first-order valence-electron chi connectivity index (χ1n) is 8.60. The molecule has 7 nitrogen and oxygen atoms in total. The van der Waals surface area contributed by atoms with Gasteiger partial charge in [0.15, 0.2) is 5.76 Å². The molecule has 9 heteroatoms. The maximum absolute atomic E-state index is 12.6. The van der Waals surface area contributed by atoms with Crippen molar-refractivity contribution in [1.82, 2.24) is 19.8 Å². The molecule has 0 atom stereocenters. The highest BCUT2D eigenvalue weighted by Crippen LogP contribution is 2.28. The highest BCUT2D eigenvalue weighted by molar-refractivity contribution is 7.19. The molecule has 0 saturated carbocycles. The number of amides is 1. The van der Waals surface area contributed by atoms with Crippen molar-refractivity contribution in [1.29, 1.82) is 0 Å². The number of carbonyl (C=O) groups is 1. The minimum atomic E-state index is -0.333. The number of nitrogens with zero attached hydrogens (tertiary/aromatic N) is 4. The summed E-state index contributed by atoms with van der Waals surface area (Å²) in [6, 6.07) is 18.1. The van der Waals surface area contributed by atoms with Crippen LogP contribution < -0.4 is 5.32 Å². The van der Waals surface area contributed by atoms with Gasteiger partial charge in [0, 0.05) is 21.8 Å². The summed E-state index contributed by atoms with van der Waals surface area (Å²) < 4.78 is 7.32. The minimum absolute atomic E-state index is 0.221. The van der Waals surface area contributed by atoms with Crippen molar-refractivity contribution in [3.63, 3.8) is 0 Å². The fourth-order valence-corrected chi connectivity index (χ4v) is 3.77. The van der Waals surface area contributed by atoms with Gasteiger partial charge in [0.1, 0.15) is 17.1 Å². The van der Waals surface area contributed by atoms with Gasteiger partial charge in [0.25, 0.3) is 5.91 Å². The molecule has 5 rings (SSSR count). The van der Waals surface area contributed by atoms with E-state index in [9.17, 15) is 4.79 Å². The van der Waals surface area contributed by atoms with Crippen molar-refractivity contribution in [2.75, 3.05) is 5.32 Å². The Morgan fingerprint density at radius 3 is 2.76 bits per heavy atom. The maximum Gasteiger partial charge on any atom is 0.291 e. The van der Waals surface area contributed by atoms with Crippen LogP contribution >= 0.6 is 22.9 Å². The van der Waals surface area contributed by atoms with E-state index in [0.717, 1.165) is 16.1 Å². The molecule has 5 aromatic rings. The average molecular weight is 422 g/mol. The van der Waals surface area contributed by atoms with Crippen LogP contribution in [0.25, 0.3) is 26.9 Å². The van der Waals surface area contributed by atoms with E-state index in [1.54, 1.807) is 35.1 Å². The number of hydrogen-bond acceptors (Lipinski definition) is 6. The van der Waals surface area contributed by atoms with Gasteiger partial charge < -0.3 is 9.73 Å². The lowest BCUT2D eigenvalue weighted by molar-refractivity contribution is 0.0997. The third-order valence-corrected chi connectivity index (χ3v) is 5.43. The topological polar surface area (TPSA) is 85.3 Å². The summed E-state index contributed by atoms with van der Waals surface area (Å²) in [5.41, 5.74) is 2.36. The van der Waals surface area contributed by atoms with Crippen molar-refractivity contribution in [2.24, 2.45) is 0 Å². The van der Waals surface area contributed by atoms with Crippen molar-refractivity contribution in [2.45, 2.75) is 0 Å². The van der Waals surface area contributed by atoms with Crippen molar-refractivity contribution < 1.29 is 9.21 Å². The Hall–Kier alpha value is -3.49. The molecule has 29 heavy (non-hydrogen) atoms. The number of halogens is 1. The highest BCUT2D eigenvalue weighted by atomic mass is 35.5. The number of anilines is 1. The van der Waals surface area contributed by atoms with Gasteiger partial charge in [-0.25, -0.2) is 0 Å². The monoisotopic (exact) mass is 421 g/mol. The van der Waals surface area contributed by atoms with Crippen LogP contribution in [0.5, 0.6) is 0 Å². The minimum Gasteiger partial charge on any atom is -0.451 e. The van der Waals surface area contributed by atoms with E-state index in [1.807, 2.05) is 36.4 Å². The summed E-state index contributed by atoms with van der Waals surface area (Å²) in [7, 11) is 0. The Bertz CT molecular complexity index is 1290. The molecule has 0 unspecified atom stereocenters. The van der Waals surface area contributed by atoms with Gasteiger partial charge in [-0.15, -0.1) is 10.2 Å². The van der Waals surface area contributed by atoms with Crippen LogP contribution in [0.2, 0.25) is 5.02 Å². The zero-order chi connectivity index (χ0) is 19.8. The highest BCUT2D eigenvalue weighted by Gasteiger charge is 2.14. The summed E-state index contributed by atoms with van der Waals surface area (Å²) in [5, 5.41) is 16.5. The fourth-order valence-electron chi connectivity index (χ4n) is 2.83.